The van der Waals surface area contributed by atoms with E-state index in [0.717, 1.165) is 0 Å². The molecule has 3 nitrogen and oxygen atoms in total. The molecular formula is C9H7ClFN3. The first-order valence-corrected chi connectivity index (χ1v) is 4.31. The summed E-state index contributed by atoms with van der Waals surface area (Å²) in [7, 11) is 0. The van der Waals surface area contributed by atoms with Crippen molar-refractivity contribution >= 4 is 17.3 Å². The Morgan fingerprint density at radius 1 is 1.43 bits per heavy atom. The topological polar surface area (TPSA) is 54.7 Å². The lowest BCUT2D eigenvalue weighted by molar-refractivity contribution is 0.631. The van der Waals surface area contributed by atoms with E-state index in [1.54, 1.807) is 6.07 Å². The first-order valence-electron chi connectivity index (χ1n) is 3.93. The number of anilines is 1. The number of rotatable bonds is 1. The molecule has 14 heavy (non-hydrogen) atoms. The lowest BCUT2D eigenvalue weighted by Crippen LogP contribution is -1.90. The van der Waals surface area contributed by atoms with Crippen LogP contribution >= 0.6 is 11.6 Å². The van der Waals surface area contributed by atoms with Gasteiger partial charge in [-0.3, -0.25) is 5.10 Å². The molecule has 0 bridgehead atoms. The van der Waals surface area contributed by atoms with Crippen molar-refractivity contribution in [3.8, 4) is 11.3 Å². The number of hydrogen-bond acceptors (Lipinski definition) is 2. The van der Waals surface area contributed by atoms with Crippen LogP contribution in [-0.2, 0) is 0 Å². The van der Waals surface area contributed by atoms with E-state index in [0.29, 0.717) is 16.4 Å². The van der Waals surface area contributed by atoms with Gasteiger partial charge in [-0.1, -0.05) is 17.7 Å². The first-order chi connectivity index (χ1) is 6.70. The van der Waals surface area contributed by atoms with Gasteiger partial charge in [0, 0.05) is 0 Å². The summed E-state index contributed by atoms with van der Waals surface area (Å²) in [6, 6.07) is 4.45. The fourth-order valence-electron chi connectivity index (χ4n) is 1.23. The summed E-state index contributed by atoms with van der Waals surface area (Å²) >= 11 is 5.85. The summed E-state index contributed by atoms with van der Waals surface area (Å²) in [5, 5.41) is 6.62. The van der Waals surface area contributed by atoms with Gasteiger partial charge < -0.3 is 5.73 Å². The number of nitrogens with zero attached hydrogens (tertiary/aromatic N) is 1. The van der Waals surface area contributed by atoms with Gasteiger partial charge in [0.05, 0.1) is 28.2 Å². The van der Waals surface area contributed by atoms with Crippen LogP contribution in [0.4, 0.5) is 10.1 Å². The minimum absolute atomic E-state index is 0.254. The molecule has 0 radical (unpaired) electrons. The third kappa shape index (κ3) is 1.33. The number of aromatic nitrogens is 2. The van der Waals surface area contributed by atoms with Crippen LogP contribution in [0.15, 0.2) is 24.4 Å². The molecule has 0 saturated carbocycles. The monoisotopic (exact) mass is 211 g/mol. The Morgan fingerprint density at radius 3 is 2.79 bits per heavy atom. The van der Waals surface area contributed by atoms with Crippen LogP contribution in [0.1, 0.15) is 0 Å². The van der Waals surface area contributed by atoms with Crippen molar-refractivity contribution in [1.29, 1.82) is 0 Å². The van der Waals surface area contributed by atoms with Crippen molar-refractivity contribution in [2.45, 2.75) is 0 Å². The molecular weight excluding hydrogens is 205 g/mol. The molecule has 2 aromatic rings. The standard InChI is InChI=1S/C9H7ClFN3/c10-5-2-1-3-6(11)8(5)9-7(12)4-13-14-9/h1-4H,12H2,(H,13,14). The average molecular weight is 212 g/mol. The average Bonchev–Trinajstić information content (AvgIpc) is 2.52. The van der Waals surface area contributed by atoms with Crippen molar-refractivity contribution < 1.29 is 4.39 Å². The Balaban J connectivity index is 2.68. The Hall–Kier alpha value is -1.55. The van der Waals surface area contributed by atoms with Gasteiger partial charge in [-0.15, -0.1) is 0 Å². The van der Waals surface area contributed by atoms with Crippen LogP contribution in [0.3, 0.4) is 0 Å². The van der Waals surface area contributed by atoms with Gasteiger partial charge in [0.25, 0.3) is 0 Å². The molecule has 0 aliphatic carbocycles. The van der Waals surface area contributed by atoms with Gasteiger partial charge in [0.15, 0.2) is 0 Å². The molecule has 0 spiro atoms. The van der Waals surface area contributed by atoms with E-state index in [9.17, 15) is 4.39 Å². The maximum Gasteiger partial charge on any atom is 0.134 e. The molecule has 72 valence electrons. The number of H-pyrrole nitrogens is 1. The zero-order valence-electron chi connectivity index (χ0n) is 7.09. The third-order valence-electron chi connectivity index (χ3n) is 1.88. The predicted molar refractivity (Wildman–Crippen MR) is 53.4 cm³/mol. The van der Waals surface area contributed by atoms with Crippen LogP contribution < -0.4 is 5.73 Å². The maximum atomic E-state index is 13.4. The summed E-state index contributed by atoms with van der Waals surface area (Å²) < 4.78 is 13.4. The van der Waals surface area contributed by atoms with Crippen molar-refractivity contribution in [3.05, 3.63) is 35.2 Å². The Bertz CT molecular complexity index is 447. The smallest absolute Gasteiger partial charge is 0.134 e. The van der Waals surface area contributed by atoms with Gasteiger partial charge in [-0.05, 0) is 12.1 Å². The highest BCUT2D eigenvalue weighted by Gasteiger charge is 2.13. The summed E-state index contributed by atoms with van der Waals surface area (Å²) in [6.45, 7) is 0. The molecule has 0 atom stereocenters. The molecule has 3 N–H and O–H groups in total. The SMILES string of the molecule is Nc1cn[nH]c1-c1c(F)cccc1Cl. The number of benzene rings is 1. The minimum atomic E-state index is -0.423. The van der Waals surface area contributed by atoms with Crippen LogP contribution in [0.5, 0.6) is 0 Å². The third-order valence-corrected chi connectivity index (χ3v) is 2.20. The lowest BCUT2D eigenvalue weighted by Gasteiger charge is -2.03. The highest BCUT2D eigenvalue weighted by molar-refractivity contribution is 6.33. The molecule has 1 aromatic carbocycles. The zero-order chi connectivity index (χ0) is 10.1. The molecule has 0 fully saturated rings. The van der Waals surface area contributed by atoms with E-state index in [-0.39, 0.29) is 5.56 Å². The van der Waals surface area contributed by atoms with Crippen LogP contribution in [-0.4, -0.2) is 10.2 Å². The summed E-state index contributed by atoms with van der Waals surface area (Å²) in [4.78, 5) is 0. The first kappa shape index (κ1) is 9.02. The van der Waals surface area contributed by atoms with Gasteiger partial charge in [0.1, 0.15) is 5.82 Å². The fraction of sp³-hybridized carbons (Fsp3) is 0. The largest absolute Gasteiger partial charge is 0.396 e. The van der Waals surface area contributed by atoms with Crippen LogP contribution in [0, 0.1) is 5.82 Å². The Morgan fingerprint density at radius 2 is 2.21 bits per heavy atom. The number of nitrogens with two attached hydrogens (primary N) is 1. The molecule has 5 heteroatoms. The quantitative estimate of drug-likeness (QED) is 0.761. The van der Waals surface area contributed by atoms with E-state index in [1.165, 1.54) is 18.3 Å². The molecule has 0 aliphatic heterocycles. The highest BCUT2D eigenvalue weighted by Crippen LogP contribution is 2.31. The Kier molecular flexibility index (Phi) is 2.13. The maximum absolute atomic E-state index is 13.4. The number of aromatic amines is 1. The fourth-order valence-corrected chi connectivity index (χ4v) is 1.49. The highest BCUT2D eigenvalue weighted by atomic mass is 35.5. The van der Waals surface area contributed by atoms with Gasteiger partial charge in [-0.25, -0.2) is 4.39 Å². The molecule has 0 amide bonds. The summed E-state index contributed by atoms with van der Waals surface area (Å²) in [5.41, 5.74) is 6.63. The molecule has 0 saturated heterocycles. The summed E-state index contributed by atoms with van der Waals surface area (Å²) in [5.74, 6) is -0.423. The second-order valence-corrected chi connectivity index (χ2v) is 3.20. The Labute approximate surface area is 84.7 Å². The van der Waals surface area contributed by atoms with Crippen LogP contribution in [0.2, 0.25) is 5.02 Å². The predicted octanol–water partition coefficient (Wildman–Crippen LogP) is 2.45. The molecule has 1 aromatic heterocycles. The summed E-state index contributed by atoms with van der Waals surface area (Å²) in [6.07, 6.45) is 1.41. The van der Waals surface area contributed by atoms with E-state index in [1.807, 2.05) is 0 Å². The number of hydrogen-bond donors (Lipinski definition) is 2. The van der Waals surface area contributed by atoms with Crippen molar-refractivity contribution in [1.82, 2.24) is 10.2 Å². The zero-order valence-corrected chi connectivity index (χ0v) is 7.85. The van der Waals surface area contributed by atoms with Crippen molar-refractivity contribution in [3.63, 3.8) is 0 Å². The number of nitrogens with one attached hydrogen (secondary N) is 1. The van der Waals surface area contributed by atoms with Crippen LogP contribution in [0.25, 0.3) is 11.3 Å². The van der Waals surface area contributed by atoms with Crippen molar-refractivity contribution in [2.24, 2.45) is 0 Å². The molecule has 1 heterocycles. The second kappa shape index (κ2) is 3.31. The number of halogens is 2. The second-order valence-electron chi connectivity index (χ2n) is 2.80. The van der Waals surface area contributed by atoms with E-state index in [4.69, 9.17) is 17.3 Å². The van der Waals surface area contributed by atoms with Gasteiger partial charge in [0.2, 0.25) is 0 Å². The number of nitrogen functional groups attached to an aromatic ring is 1. The molecule has 0 aliphatic rings. The molecule has 2 rings (SSSR count). The lowest BCUT2D eigenvalue weighted by atomic mass is 10.1. The van der Waals surface area contributed by atoms with E-state index >= 15 is 0 Å². The minimum Gasteiger partial charge on any atom is -0.396 e. The van der Waals surface area contributed by atoms with Crippen molar-refractivity contribution in [2.75, 3.05) is 5.73 Å². The molecule has 0 unspecified atom stereocenters. The van der Waals surface area contributed by atoms with Gasteiger partial charge >= 0.3 is 0 Å². The normalized spacial score (nSPS) is 10.4. The van der Waals surface area contributed by atoms with E-state index in [2.05, 4.69) is 10.2 Å². The van der Waals surface area contributed by atoms with E-state index < -0.39 is 5.82 Å². The van der Waals surface area contributed by atoms with Gasteiger partial charge in [-0.2, -0.15) is 5.10 Å².